The summed E-state index contributed by atoms with van der Waals surface area (Å²) in [6.45, 7) is 3.95. The lowest BCUT2D eigenvalue weighted by Crippen LogP contribution is -2.19. The molecule has 2 nitrogen and oxygen atoms in total. The molecule has 86 valence electrons. The molecule has 1 N–H and O–H groups in total. The molecule has 1 aromatic carbocycles. The number of carbonyl (C=O) groups excluding carboxylic acids is 1. The van der Waals surface area contributed by atoms with Crippen LogP contribution in [0.3, 0.4) is 0 Å². The van der Waals surface area contributed by atoms with Gasteiger partial charge in [-0.05, 0) is 28.6 Å². The Morgan fingerprint density at radius 2 is 2.06 bits per heavy atom. The van der Waals surface area contributed by atoms with Gasteiger partial charge in [0, 0.05) is 11.4 Å². The van der Waals surface area contributed by atoms with Crippen LogP contribution in [0.1, 0.15) is 5.56 Å². The molecule has 1 amide bonds. The van der Waals surface area contributed by atoms with Gasteiger partial charge in [0.2, 0.25) is 5.91 Å². The SMILES string of the molecule is C=CC(=O)NCc1ccc(-c2cccs2)cc1. The summed E-state index contributed by atoms with van der Waals surface area (Å²) < 4.78 is 0. The molecule has 0 saturated heterocycles. The number of amides is 1. The highest BCUT2D eigenvalue weighted by atomic mass is 32.1. The summed E-state index contributed by atoms with van der Waals surface area (Å²) in [5, 5.41) is 4.81. The van der Waals surface area contributed by atoms with Crippen LogP contribution in [0.15, 0.2) is 54.4 Å². The van der Waals surface area contributed by atoms with E-state index < -0.39 is 0 Å². The van der Waals surface area contributed by atoms with Crippen LogP contribution in [-0.2, 0) is 11.3 Å². The van der Waals surface area contributed by atoms with Gasteiger partial charge in [-0.3, -0.25) is 4.79 Å². The van der Waals surface area contributed by atoms with Crippen LogP contribution in [0.4, 0.5) is 0 Å². The van der Waals surface area contributed by atoms with Gasteiger partial charge in [0.25, 0.3) is 0 Å². The predicted molar refractivity (Wildman–Crippen MR) is 71.8 cm³/mol. The van der Waals surface area contributed by atoms with E-state index in [0.717, 1.165) is 5.56 Å². The number of hydrogen-bond acceptors (Lipinski definition) is 2. The zero-order valence-electron chi connectivity index (χ0n) is 9.35. The van der Waals surface area contributed by atoms with Crippen molar-refractivity contribution in [3.8, 4) is 10.4 Å². The first-order chi connectivity index (χ1) is 8.29. The third-order valence-corrected chi connectivity index (χ3v) is 3.33. The maximum atomic E-state index is 11.0. The van der Waals surface area contributed by atoms with Crippen LogP contribution in [0.2, 0.25) is 0 Å². The van der Waals surface area contributed by atoms with E-state index in [0.29, 0.717) is 6.54 Å². The Morgan fingerprint density at radius 1 is 1.29 bits per heavy atom. The Morgan fingerprint density at radius 3 is 2.65 bits per heavy atom. The van der Waals surface area contributed by atoms with Crippen molar-refractivity contribution >= 4 is 17.2 Å². The predicted octanol–water partition coefficient (Wildman–Crippen LogP) is 3.22. The second-order valence-electron chi connectivity index (χ2n) is 3.60. The highest BCUT2D eigenvalue weighted by Gasteiger charge is 1.99. The van der Waals surface area contributed by atoms with Gasteiger partial charge < -0.3 is 5.32 Å². The molecule has 0 aliphatic carbocycles. The Bertz CT molecular complexity index is 500. The number of rotatable bonds is 4. The van der Waals surface area contributed by atoms with E-state index >= 15 is 0 Å². The van der Waals surface area contributed by atoms with E-state index in [9.17, 15) is 4.79 Å². The maximum absolute atomic E-state index is 11.0. The van der Waals surface area contributed by atoms with Gasteiger partial charge in [-0.25, -0.2) is 0 Å². The third-order valence-electron chi connectivity index (χ3n) is 2.41. The highest BCUT2D eigenvalue weighted by molar-refractivity contribution is 7.13. The van der Waals surface area contributed by atoms with Crippen molar-refractivity contribution in [2.24, 2.45) is 0 Å². The fourth-order valence-corrected chi connectivity index (χ4v) is 2.22. The van der Waals surface area contributed by atoms with Gasteiger partial charge in [0.05, 0.1) is 0 Å². The van der Waals surface area contributed by atoms with E-state index in [1.165, 1.54) is 16.5 Å². The van der Waals surface area contributed by atoms with Crippen molar-refractivity contribution < 1.29 is 4.79 Å². The average molecular weight is 243 g/mol. The molecule has 0 spiro atoms. The van der Waals surface area contributed by atoms with Gasteiger partial charge in [-0.2, -0.15) is 0 Å². The first-order valence-electron chi connectivity index (χ1n) is 5.32. The topological polar surface area (TPSA) is 29.1 Å². The lowest BCUT2D eigenvalue weighted by molar-refractivity contribution is -0.116. The summed E-state index contributed by atoms with van der Waals surface area (Å²) in [5.41, 5.74) is 2.29. The number of nitrogens with one attached hydrogen (secondary N) is 1. The van der Waals surface area contributed by atoms with E-state index in [2.05, 4.69) is 35.5 Å². The molecule has 0 saturated carbocycles. The molecular formula is C14H13NOS. The largest absolute Gasteiger partial charge is 0.348 e. The molecule has 17 heavy (non-hydrogen) atoms. The molecule has 3 heteroatoms. The molecule has 1 heterocycles. The molecule has 1 aromatic heterocycles. The van der Waals surface area contributed by atoms with Gasteiger partial charge in [-0.1, -0.05) is 36.9 Å². The van der Waals surface area contributed by atoms with E-state index in [-0.39, 0.29) is 5.91 Å². The number of hydrogen-bond donors (Lipinski definition) is 1. The van der Waals surface area contributed by atoms with Crippen molar-refractivity contribution in [2.45, 2.75) is 6.54 Å². The summed E-state index contributed by atoms with van der Waals surface area (Å²) in [4.78, 5) is 12.3. The molecule has 0 aliphatic heterocycles. The van der Waals surface area contributed by atoms with Crippen LogP contribution in [0.5, 0.6) is 0 Å². The normalized spacial score (nSPS) is 9.88. The van der Waals surface area contributed by atoms with Gasteiger partial charge >= 0.3 is 0 Å². The van der Waals surface area contributed by atoms with Crippen LogP contribution in [0.25, 0.3) is 10.4 Å². The van der Waals surface area contributed by atoms with E-state index in [1.54, 1.807) is 11.3 Å². The monoisotopic (exact) mass is 243 g/mol. The summed E-state index contributed by atoms with van der Waals surface area (Å²) in [6.07, 6.45) is 1.28. The first kappa shape index (κ1) is 11.6. The van der Waals surface area contributed by atoms with E-state index in [4.69, 9.17) is 0 Å². The maximum Gasteiger partial charge on any atom is 0.243 e. The summed E-state index contributed by atoms with van der Waals surface area (Å²) in [6, 6.07) is 12.3. The molecule has 0 unspecified atom stereocenters. The summed E-state index contributed by atoms with van der Waals surface area (Å²) in [5.74, 6) is -0.146. The fraction of sp³-hybridized carbons (Fsp3) is 0.0714. The minimum atomic E-state index is -0.146. The number of carbonyl (C=O) groups is 1. The van der Waals surface area contributed by atoms with Gasteiger partial charge in [0.15, 0.2) is 0 Å². The number of benzene rings is 1. The molecule has 0 atom stereocenters. The summed E-state index contributed by atoms with van der Waals surface area (Å²) >= 11 is 1.72. The average Bonchev–Trinajstić information content (AvgIpc) is 2.90. The lowest BCUT2D eigenvalue weighted by atomic mass is 10.1. The van der Waals surface area contributed by atoms with Gasteiger partial charge in [-0.15, -0.1) is 11.3 Å². The molecule has 2 aromatic rings. The molecule has 0 fully saturated rings. The van der Waals surface area contributed by atoms with Crippen molar-refractivity contribution in [3.05, 3.63) is 60.0 Å². The zero-order valence-corrected chi connectivity index (χ0v) is 10.2. The molecule has 2 rings (SSSR count). The zero-order chi connectivity index (χ0) is 12.1. The lowest BCUT2D eigenvalue weighted by Gasteiger charge is -2.03. The van der Waals surface area contributed by atoms with Crippen molar-refractivity contribution in [2.75, 3.05) is 0 Å². The third kappa shape index (κ3) is 3.04. The van der Waals surface area contributed by atoms with Crippen molar-refractivity contribution in [1.29, 1.82) is 0 Å². The Hall–Kier alpha value is -1.87. The second-order valence-corrected chi connectivity index (χ2v) is 4.54. The smallest absolute Gasteiger partial charge is 0.243 e. The Labute approximate surface area is 105 Å². The quantitative estimate of drug-likeness (QED) is 0.821. The molecular weight excluding hydrogens is 230 g/mol. The Kier molecular flexibility index (Phi) is 3.73. The van der Waals surface area contributed by atoms with Crippen molar-refractivity contribution in [1.82, 2.24) is 5.32 Å². The van der Waals surface area contributed by atoms with E-state index in [1.807, 2.05) is 18.2 Å². The molecule has 0 radical (unpaired) electrons. The molecule has 0 aliphatic rings. The fourth-order valence-electron chi connectivity index (χ4n) is 1.49. The minimum absolute atomic E-state index is 0.146. The minimum Gasteiger partial charge on any atom is -0.348 e. The van der Waals surface area contributed by atoms with Crippen LogP contribution in [0, 0.1) is 0 Å². The van der Waals surface area contributed by atoms with Crippen LogP contribution >= 0.6 is 11.3 Å². The van der Waals surface area contributed by atoms with Crippen molar-refractivity contribution in [3.63, 3.8) is 0 Å². The second kappa shape index (κ2) is 5.46. The Balaban J connectivity index is 2.03. The number of thiophene rings is 1. The highest BCUT2D eigenvalue weighted by Crippen LogP contribution is 2.24. The first-order valence-corrected chi connectivity index (χ1v) is 6.20. The molecule has 0 bridgehead atoms. The van der Waals surface area contributed by atoms with Crippen LogP contribution < -0.4 is 5.32 Å². The standard InChI is InChI=1S/C14H13NOS/c1-2-14(16)15-10-11-5-7-12(8-6-11)13-4-3-9-17-13/h2-9H,1,10H2,(H,15,16). The summed E-state index contributed by atoms with van der Waals surface area (Å²) in [7, 11) is 0. The van der Waals surface area contributed by atoms with Crippen LogP contribution in [-0.4, -0.2) is 5.91 Å². The van der Waals surface area contributed by atoms with Gasteiger partial charge in [0.1, 0.15) is 0 Å².